The van der Waals surface area contributed by atoms with E-state index < -0.39 is 24.0 Å². The first kappa shape index (κ1) is 19.7. The first-order valence-corrected chi connectivity index (χ1v) is 8.90. The summed E-state index contributed by atoms with van der Waals surface area (Å²) in [6.07, 6.45) is -1.22. The lowest BCUT2D eigenvalue weighted by molar-refractivity contribution is -0.141. The maximum absolute atomic E-state index is 12.2. The van der Waals surface area contributed by atoms with Crippen LogP contribution < -0.4 is 5.32 Å². The van der Waals surface area contributed by atoms with Crippen LogP contribution >= 0.6 is 11.8 Å². The van der Waals surface area contributed by atoms with E-state index >= 15 is 0 Å². The van der Waals surface area contributed by atoms with Crippen LogP contribution in [0.15, 0.2) is 59.5 Å². The highest BCUT2D eigenvalue weighted by Gasteiger charge is 2.25. The molecule has 3 N–H and O–H groups in total. The molecule has 6 nitrogen and oxygen atoms in total. The Balaban J connectivity index is 2.02. The topological polar surface area (TPSA) is 104 Å². The number of aliphatic hydroxyl groups is 1. The standard InChI is InChI=1S/C19H19NO5S/c1-12(21)17(19(24)25)20-18(23)14-8-5-9-15(10-14)26-11-16(22)13-6-3-2-4-7-13/h2-10,12,17,21H,11H2,1H3,(H,20,23)(H,24,25). The fourth-order valence-electron chi connectivity index (χ4n) is 2.20. The lowest BCUT2D eigenvalue weighted by atomic mass is 10.1. The van der Waals surface area contributed by atoms with Crippen molar-refractivity contribution in [2.75, 3.05) is 5.75 Å². The summed E-state index contributed by atoms with van der Waals surface area (Å²) in [5, 5.41) is 20.8. The highest BCUT2D eigenvalue weighted by atomic mass is 32.2. The van der Waals surface area contributed by atoms with Crippen LogP contribution in [0.5, 0.6) is 0 Å². The molecule has 2 atom stereocenters. The largest absolute Gasteiger partial charge is 0.480 e. The molecule has 26 heavy (non-hydrogen) atoms. The van der Waals surface area contributed by atoms with Gasteiger partial charge in [0.1, 0.15) is 0 Å². The minimum absolute atomic E-state index is 0.0227. The van der Waals surface area contributed by atoms with E-state index in [-0.39, 0.29) is 17.1 Å². The number of carboxylic acids is 1. The van der Waals surface area contributed by atoms with Gasteiger partial charge in [0, 0.05) is 16.0 Å². The third kappa shape index (κ3) is 5.44. The molecule has 7 heteroatoms. The minimum atomic E-state index is -1.39. The van der Waals surface area contributed by atoms with Crippen LogP contribution in [0, 0.1) is 0 Å². The van der Waals surface area contributed by atoms with Crippen LogP contribution in [-0.2, 0) is 4.79 Å². The predicted octanol–water partition coefficient (Wildman–Crippen LogP) is 2.23. The smallest absolute Gasteiger partial charge is 0.328 e. The van der Waals surface area contributed by atoms with E-state index in [0.29, 0.717) is 10.5 Å². The number of amides is 1. The summed E-state index contributed by atoms with van der Waals surface area (Å²) in [4.78, 5) is 36.1. The van der Waals surface area contributed by atoms with Crippen LogP contribution in [0.2, 0.25) is 0 Å². The number of benzene rings is 2. The molecule has 136 valence electrons. The molecule has 2 rings (SSSR count). The minimum Gasteiger partial charge on any atom is -0.480 e. The fourth-order valence-corrected chi connectivity index (χ4v) is 3.05. The van der Waals surface area contributed by atoms with Gasteiger partial charge in [-0.3, -0.25) is 9.59 Å². The number of ketones is 1. The molecule has 0 saturated carbocycles. The highest BCUT2D eigenvalue weighted by Crippen LogP contribution is 2.20. The van der Waals surface area contributed by atoms with Gasteiger partial charge in [-0.05, 0) is 25.1 Å². The van der Waals surface area contributed by atoms with Crippen molar-refractivity contribution in [1.29, 1.82) is 0 Å². The summed E-state index contributed by atoms with van der Waals surface area (Å²) < 4.78 is 0. The zero-order valence-electron chi connectivity index (χ0n) is 14.1. The maximum Gasteiger partial charge on any atom is 0.328 e. The van der Waals surface area contributed by atoms with E-state index in [4.69, 9.17) is 5.11 Å². The Morgan fingerprint density at radius 2 is 1.69 bits per heavy atom. The van der Waals surface area contributed by atoms with Gasteiger partial charge in [0.05, 0.1) is 11.9 Å². The van der Waals surface area contributed by atoms with Gasteiger partial charge in [0.2, 0.25) is 0 Å². The van der Waals surface area contributed by atoms with Gasteiger partial charge in [-0.25, -0.2) is 4.79 Å². The van der Waals surface area contributed by atoms with Crippen molar-refractivity contribution >= 4 is 29.4 Å². The summed E-state index contributed by atoms with van der Waals surface area (Å²) in [7, 11) is 0. The summed E-state index contributed by atoms with van der Waals surface area (Å²) in [5.74, 6) is -1.71. The number of carboxylic acid groups (broad SMARTS) is 1. The van der Waals surface area contributed by atoms with Crippen molar-refractivity contribution in [3.05, 3.63) is 65.7 Å². The summed E-state index contributed by atoms with van der Waals surface area (Å²) in [5.41, 5.74) is 0.879. The number of rotatable bonds is 8. The van der Waals surface area contributed by atoms with Gasteiger partial charge in [0.25, 0.3) is 5.91 Å². The number of nitrogens with one attached hydrogen (secondary N) is 1. The highest BCUT2D eigenvalue weighted by molar-refractivity contribution is 8.00. The lowest BCUT2D eigenvalue weighted by Crippen LogP contribution is -2.47. The Hall–Kier alpha value is -2.64. The van der Waals surface area contributed by atoms with Gasteiger partial charge >= 0.3 is 5.97 Å². The molecule has 2 unspecified atom stereocenters. The van der Waals surface area contributed by atoms with Crippen LogP contribution in [0.1, 0.15) is 27.6 Å². The summed E-state index contributed by atoms with van der Waals surface area (Å²) in [6, 6.07) is 14.1. The lowest BCUT2D eigenvalue weighted by Gasteiger charge is -2.17. The van der Waals surface area contributed by atoms with E-state index in [1.807, 2.05) is 6.07 Å². The Labute approximate surface area is 155 Å². The molecule has 0 heterocycles. The number of aliphatic hydroxyl groups excluding tert-OH is 1. The molecule has 0 spiro atoms. The van der Waals surface area contributed by atoms with Crippen molar-refractivity contribution in [3.8, 4) is 0 Å². The molecular weight excluding hydrogens is 354 g/mol. The molecule has 0 saturated heterocycles. The van der Waals surface area contributed by atoms with Crippen molar-refractivity contribution in [1.82, 2.24) is 5.32 Å². The van der Waals surface area contributed by atoms with Crippen LogP contribution in [0.3, 0.4) is 0 Å². The molecular formula is C19H19NO5S. The number of thioether (sulfide) groups is 1. The van der Waals surface area contributed by atoms with Crippen molar-refractivity contribution < 1.29 is 24.6 Å². The Morgan fingerprint density at radius 1 is 1.04 bits per heavy atom. The Morgan fingerprint density at radius 3 is 2.31 bits per heavy atom. The van der Waals surface area contributed by atoms with E-state index in [9.17, 15) is 19.5 Å². The van der Waals surface area contributed by atoms with Gasteiger partial charge < -0.3 is 15.5 Å². The maximum atomic E-state index is 12.2. The average molecular weight is 373 g/mol. The first-order chi connectivity index (χ1) is 12.4. The SMILES string of the molecule is CC(O)C(NC(=O)c1cccc(SCC(=O)c2ccccc2)c1)C(=O)O. The molecule has 2 aromatic carbocycles. The number of carbonyl (C=O) groups excluding carboxylic acids is 2. The number of carbonyl (C=O) groups is 3. The molecule has 0 aromatic heterocycles. The molecule has 0 bridgehead atoms. The molecule has 0 radical (unpaired) electrons. The third-order valence-electron chi connectivity index (χ3n) is 3.60. The first-order valence-electron chi connectivity index (χ1n) is 7.91. The second-order valence-corrected chi connectivity index (χ2v) is 6.68. The zero-order chi connectivity index (χ0) is 19.1. The number of hydrogen-bond donors (Lipinski definition) is 3. The Bertz CT molecular complexity index is 792. The van der Waals surface area contributed by atoms with E-state index in [2.05, 4.69) is 5.32 Å². The predicted molar refractivity (Wildman–Crippen MR) is 98.5 cm³/mol. The number of Topliss-reactive ketones (excluding diaryl/α,β-unsaturated/α-hetero) is 1. The second-order valence-electron chi connectivity index (χ2n) is 5.64. The summed E-state index contributed by atoms with van der Waals surface area (Å²) >= 11 is 1.29. The number of aliphatic carboxylic acids is 1. The van der Waals surface area contributed by atoms with E-state index in [1.165, 1.54) is 18.7 Å². The normalized spacial score (nSPS) is 12.8. The molecule has 0 aliphatic heterocycles. The summed E-state index contributed by atoms with van der Waals surface area (Å²) in [6.45, 7) is 1.29. The van der Waals surface area contributed by atoms with E-state index in [0.717, 1.165) is 0 Å². The van der Waals surface area contributed by atoms with Crippen LogP contribution in [-0.4, -0.2) is 45.8 Å². The van der Waals surface area contributed by atoms with Crippen molar-refractivity contribution in [3.63, 3.8) is 0 Å². The molecule has 1 amide bonds. The molecule has 0 fully saturated rings. The Kier molecular flexibility index (Phi) is 6.94. The fraction of sp³-hybridized carbons (Fsp3) is 0.211. The van der Waals surface area contributed by atoms with Crippen LogP contribution in [0.4, 0.5) is 0 Å². The van der Waals surface area contributed by atoms with Gasteiger partial charge in [0.15, 0.2) is 11.8 Å². The molecule has 0 aliphatic rings. The van der Waals surface area contributed by atoms with Gasteiger partial charge in [-0.2, -0.15) is 0 Å². The van der Waals surface area contributed by atoms with E-state index in [1.54, 1.807) is 48.5 Å². The van der Waals surface area contributed by atoms with Gasteiger partial charge in [-0.15, -0.1) is 11.8 Å². The number of hydrogen-bond acceptors (Lipinski definition) is 5. The second kappa shape index (κ2) is 9.17. The average Bonchev–Trinajstić information content (AvgIpc) is 2.64. The van der Waals surface area contributed by atoms with Crippen molar-refractivity contribution in [2.45, 2.75) is 24.0 Å². The quantitative estimate of drug-likeness (QED) is 0.484. The molecule has 2 aromatic rings. The van der Waals surface area contributed by atoms with Crippen LogP contribution in [0.25, 0.3) is 0 Å². The van der Waals surface area contributed by atoms with Gasteiger partial charge in [-0.1, -0.05) is 36.4 Å². The molecule has 0 aliphatic carbocycles. The third-order valence-corrected chi connectivity index (χ3v) is 4.59. The monoisotopic (exact) mass is 373 g/mol. The van der Waals surface area contributed by atoms with Crippen molar-refractivity contribution in [2.24, 2.45) is 0 Å². The zero-order valence-corrected chi connectivity index (χ0v) is 14.9.